The third-order valence-electron chi connectivity index (χ3n) is 4.39. The maximum absolute atomic E-state index is 13.6. The first-order chi connectivity index (χ1) is 13.4. The van der Waals surface area contributed by atoms with Gasteiger partial charge in [-0.15, -0.1) is 0 Å². The van der Waals surface area contributed by atoms with Crippen LogP contribution in [0.4, 0.5) is 4.39 Å². The van der Waals surface area contributed by atoms with Crippen LogP contribution in [0.15, 0.2) is 36.4 Å². The molecule has 0 amide bonds. The Morgan fingerprint density at radius 1 is 1.25 bits per heavy atom. The third-order valence-corrected chi connectivity index (χ3v) is 4.39. The molecular formula is C24H37FN2O. The molecule has 0 aliphatic carbocycles. The Bertz CT molecular complexity index is 719. The molecule has 0 saturated heterocycles. The summed E-state index contributed by atoms with van der Waals surface area (Å²) in [6.07, 6.45) is 4.89. The molecule has 0 radical (unpaired) electrons. The van der Waals surface area contributed by atoms with Crippen molar-refractivity contribution in [3.8, 4) is 0 Å². The zero-order valence-electron chi connectivity index (χ0n) is 18.6. The van der Waals surface area contributed by atoms with E-state index in [1.54, 1.807) is 12.1 Å². The molecule has 1 atom stereocenters. The summed E-state index contributed by atoms with van der Waals surface area (Å²) in [7, 11) is 0. The van der Waals surface area contributed by atoms with Crippen molar-refractivity contribution in [1.82, 2.24) is 10.2 Å². The number of H-pyrrole nitrogens is 1. The number of aromatic amines is 1. The number of aryl methyl sites for hydroxylation is 1. The molecule has 2 rings (SSSR count). The highest BCUT2D eigenvalue weighted by Gasteiger charge is 2.17. The smallest absolute Gasteiger partial charge is 0.133 e. The van der Waals surface area contributed by atoms with E-state index in [2.05, 4.69) is 30.1 Å². The number of carbonyl (C=O) groups is 1. The molecule has 0 bridgehead atoms. The zero-order valence-corrected chi connectivity index (χ0v) is 18.6. The molecule has 0 saturated carbocycles. The number of nitrogens with zero attached hydrogens (tertiary/aromatic N) is 1. The number of Topliss-reactive ketones (excluding diaryl/α,β-unsaturated/α-hetero) is 1. The van der Waals surface area contributed by atoms with E-state index < -0.39 is 0 Å². The van der Waals surface area contributed by atoms with Crippen molar-refractivity contribution in [2.45, 2.75) is 80.1 Å². The number of aromatic nitrogens is 2. The number of benzene rings is 1. The maximum Gasteiger partial charge on any atom is 0.133 e. The number of rotatable bonds is 7. The summed E-state index contributed by atoms with van der Waals surface area (Å²) in [4.78, 5) is 11.5. The van der Waals surface area contributed by atoms with E-state index in [9.17, 15) is 9.18 Å². The van der Waals surface area contributed by atoms with Crippen LogP contribution in [0.3, 0.4) is 0 Å². The normalized spacial score (nSPS) is 11.6. The van der Waals surface area contributed by atoms with Gasteiger partial charge in [-0.25, -0.2) is 4.39 Å². The SMILES string of the molecule is C/C=C(\C)c1cc(C)[nH]n1.CC.CCCC(CC(=O)CC)c1ccccc1F. The van der Waals surface area contributed by atoms with E-state index >= 15 is 0 Å². The molecule has 1 N–H and O–H groups in total. The number of allylic oxidation sites excluding steroid dienone is 2. The van der Waals surface area contributed by atoms with Gasteiger partial charge in [0.15, 0.2) is 0 Å². The fourth-order valence-corrected chi connectivity index (χ4v) is 2.71. The number of hydrogen-bond donors (Lipinski definition) is 1. The zero-order chi connectivity index (χ0) is 21.5. The summed E-state index contributed by atoms with van der Waals surface area (Å²) in [5.74, 6) is 0.0604. The lowest BCUT2D eigenvalue weighted by Gasteiger charge is -2.16. The largest absolute Gasteiger partial charge is 0.300 e. The van der Waals surface area contributed by atoms with Crippen LogP contribution in [0.1, 0.15) is 90.1 Å². The van der Waals surface area contributed by atoms with E-state index in [1.807, 2.05) is 46.8 Å². The van der Waals surface area contributed by atoms with Crippen LogP contribution < -0.4 is 0 Å². The molecule has 0 spiro atoms. The number of nitrogens with one attached hydrogen (secondary N) is 1. The highest BCUT2D eigenvalue weighted by Crippen LogP contribution is 2.27. The van der Waals surface area contributed by atoms with Gasteiger partial charge in [0, 0.05) is 18.5 Å². The topological polar surface area (TPSA) is 45.8 Å². The first kappa shape index (κ1) is 25.8. The van der Waals surface area contributed by atoms with E-state index in [0.717, 1.165) is 24.2 Å². The van der Waals surface area contributed by atoms with Gasteiger partial charge in [-0.1, -0.05) is 58.4 Å². The monoisotopic (exact) mass is 388 g/mol. The summed E-state index contributed by atoms with van der Waals surface area (Å²) in [6.45, 7) is 14.0. The van der Waals surface area contributed by atoms with E-state index in [1.165, 1.54) is 11.6 Å². The lowest BCUT2D eigenvalue weighted by Crippen LogP contribution is -2.08. The fourth-order valence-electron chi connectivity index (χ4n) is 2.71. The second-order valence-corrected chi connectivity index (χ2v) is 6.51. The summed E-state index contributed by atoms with van der Waals surface area (Å²) >= 11 is 0. The molecule has 3 nitrogen and oxygen atoms in total. The Hall–Kier alpha value is -2.23. The van der Waals surface area contributed by atoms with E-state index in [0.29, 0.717) is 18.4 Å². The molecule has 2 aromatic rings. The van der Waals surface area contributed by atoms with Crippen molar-refractivity contribution in [1.29, 1.82) is 0 Å². The van der Waals surface area contributed by atoms with Gasteiger partial charge in [-0.05, 0) is 56.4 Å². The lowest BCUT2D eigenvalue weighted by molar-refractivity contribution is -0.119. The van der Waals surface area contributed by atoms with Crippen LogP contribution in [0.5, 0.6) is 0 Å². The van der Waals surface area contributed by atoms with Gasteiger partial charge < -0.3 is 0 Å². The van der Waals surface area contributed by atoms with Crippen LogP contribution in [0.2, 0.25) is 0 Å². The number of hydrogen-bond acceptors (Lipinski definition) is 2. The first-order valence-electron chi connectivity index (χ1n) is 10.3. The van der Waals surface area contributed by atoms with Crippen molar-refractivity contribution in [2.24, 2.45) is 0 Å². The molecule has 156 valence electrons. The first-order valence-corrected chi connectivity index (χ1v) is 10.3. The Kier molecular flexibility index (Phi) is 13.6. The van der Waals surface area contributed by atoms with Crippen LogP contribution in [-0.4, -0.2) is 16.0 Å². The number of halogens is 1. The van der Waals surface area contributed by atoms with Gasteiger partial charge in [0.1, 0.15) is 11.6 Å². The Labute approximate surface area is 170 Å². The van der Waals surface area contributed by atoms with Crippen LogP contribution in [0.25, 0.3) is 5.57 Å². The highest BCUT2D eigenvalue weighted by molar-refractivity contribution is 5.78. The Balaban J connectivity index is 0.000000520. The summed E-state index contributed by atoms with van der Waals surface area (Å²) in [5.41, 5.74) is 4.05. The van der Waals surface area contributed by atoms with Gasteiger partial charge in [0.25, 0.3) is 0 Å². The van der Waals surface area contributed by atoms with Gasteiger partial charge in [-0.3, -0.25) is 9.89 Å². The standard InChI is InChI=1S/C14H19FO.C8H12N2.C2H6/c1-3-7-11(10-12(16)4-2)13-8-5-6-9-14(13)15;1-4-6(2)8-5-7(3)9-10-8;1-2/h5-6,8-9,11H,3-4,7,10H2,1-2H3;4-5H,1-3H3,(H,9,10);1-2H3/b;6-4+;. The molecule has 1 heterocycles. The second-order valence-electron chi connectivity index (χ2n) is 6.51. The maximum atomic E-state index is 13.6. The molecule has 1 aromatic heterocycles. The summed E-state index contributed by atoms with van der Waals surface area (Å²) in [6, 6.07) is 8.81. The Morgan fingerprint density at radius 2 is 1.89 bits per heavy atom. The number of carbonyl (C=O) groups excluding carboxylic acids is 1. The number of ketones is 1. The van der Waals surface area contributed by atoms with Crippen LogP contribution in [-0.2, 0) is 4.79 Å². The molecule has 1 unspecified atom stereocenters. The minimum atomic E-state index is -0.190. The quantitative estimate of drug-likeness (QED) is 0.543. The summed E-state index contributed by atoms with van der Waals surface area (Å²) in [5, 5.41) is 6.99. The van der Waals surface area contributed by atoms with Crippen molar-refractivity contribution >= 4 is 11.4 Å². The average molecular weight is 389 g/mol. The Morgan fingerprint density at radius 3 is 2.36 bits per heavy atom. The van der Waals surface area contributed by atoms with E-state index in [4.69, 9.17) is 0 Å². The minimum Gasteiger partial charge on any atom is -0.300 e. The third kappa shape index (κ3) is 9.12. The molecule has 0 aliphatic rings. The predicted octanol–water partition coefficient (Wildman–Crippen LogP) is 7.25. The van der Waals surface area contributed by atoms with Crippen molar-refractivity contribution in [3.63, 3.8) is 0 Å². The van der Waals surface area contributed by atoms with Gasteiger partial charge in [0.05, 0.1) is 5.69 Å². The van der Waals surface area contributed by atoms with Crippen molar-refractivity contribution in [3.05, 3.63) is 59.2 Å². The molecule has 0 aliphatic heterocycles. The van der Waals surface area contributed by atoms with Crippen molar-refractivity contribution in [2.75, 3.05) is 0 Å². The molecular weight excluding hydrogens is 351 g/mol. The van der Waals surface area contributed by atoms with E-state index in [-0.39, 0.29) is 17.5 Å². The highest BCUT2D eigenvalue weighted by atomic mass is 19.1. The predicted molar refractivity (Wildman–Crippen MR) is 118 cm³/mol. The average Bonchev–Trinajstić information content (AvgIpc) is 3.15. The van der Waals surface area contributed by atoms with Gasteiger partial charge >= 0.3 is 0 Å². The van der Waals surface area contributed by atoms with Gasteiger partial charge in [-0.2, -0.15) is 5.10 Å². The molecule has 4 heteroatoms. The summed E-state index contributed by atoms with van der Waals surface area (Å²) < 4.78 is 13.6. The second kappa shape index (κ2) is 14.8. The molecule has 1 aromatic carbocycles. The fraction of sp³-hybridized carbons (Fsp3) is 0.500. The van der Waals surface area contributed by atoms with Gasteiger partial charge in [0.2, 0.25) is 0 Å². The molecule has 0 fully saturated rings. The minimum absolute atomic E-state index is 0.0404. The molecule has 28 heavy (non-hydrogen) atoms. The van der Waals surface area contributed by atoms with Crippen LogP contribution >= 0.6 is 0 Å². The van der Waals surface area contributed by atoms with Crippen LogP contribution in [0, 0.1) is 12.7 Å². The lowest BCUT2D eigenvalue weighted by atomic mass is 9.89. The van der Waals surface area contributed by atoms with Crippen molar-refractivity contribution < 1.29 is 9.18 Å².